The highest BCUT2D eigenvalue weighted by Gasteiger charge is 2.15. The lowest BCUT2D eigenvalue weighted by molar-refractivity contribution is 0.0541. The number of pyridine rings is 1. The highest BCUT2D eigenvalue weighted by molar-refractivity contribution is 9.10. The average Bonchev–Trinajstić information content (AvgIpc) is 2.14. The quantitative estimate of drug-likeness (QED) is 0.821. The van der Waals surface area contributed by atoms with Crippen LogP contribution in [0.1, 0.15) is 20.8 Å². The normalized spacial score (nSPS) is 10.8. The van der Waals surface area contributed by atoms with Gasteiger partial charge in [0.1, 0.15) is 11.4 Å². The van der Waals surface area contributed by atoms with Gasteiger partial charge in [0.15, 0.2) is 0 Å². The van der Waals surface area contributed by atoms with Gasteiger partial charge in [-0.25, -0.2) is 15.2 Å². The first-order valence-electron chi connectivity index (χ1n) is 4.73. The molecule has 16 heavy (non-hydrogen) atoms. The van der Waals surface area contributed by atoms with Gasteiger partial charge < -0.3 is 4.74 Å². The van der Waals surface area contributed by atoms with Gasteiger partial charge in [0.2, 0.25) is 0 Å². The monoisotopic (exact) mass is 287 g/mol. The molecule has 0 aliphatic rings. The number of hydrogen-bond acceptors (Lipinski definition) is 4. The van der Waals surface area contributed by atoms with E-state index in [1.165, 1.54) is 0 Å². The van der Waals surface area contributed by atoms with E-state index in [2.05, 4.69) is 31.8 Å². The number of nitrogens with one attached hydrogen (secondary N) is 2. The van der Waals surface area contributed by atoms with E-state index in [9.17, 15) is 4.79 Å². The Hall–Kier alpha value is -1.30. The highest BCUT2D eigenvalue weighted by atomic mass is 79.9. The molecule has 1 aromatic rings. The lowest BCUT2D eigenvalue weighted by Crippen LogP contribution is -2.36. The van der Waals surface area contributed by atoms with Gasteiger partial charge in [-0.3, -0.25) is 5.43 Å². The van der Waals surface area contributed by atoms with Gasteiger partial charge >= 0.3 is 6.09 Å². The number of anilines is 1. The Morgan fingerprint density at radius 3 is 2.62 bits per heavy atom. The van der Waals surface area contributed by atoms with Crippen LogP contribution in [0.2, 0.25) is 0 Å². The summed E-state index contributed by atoms with van der Waals surface area (Å²) in [6.45, 7) is 5.39. The Kier molecular flexibility index (Phi) is 4.12. The van der Waals surface area contributed by atoms with E-state index in [-0.39, 0.29) is 0 Å². The van der Waals surface area contributed by atoms with E-state index in [1.54, 1.807) is 33.0 Å². The second-order valence-electron chi connectivity index (χ2n) is 4.11. The SMILES string of the molecule is CC(C)(C)OC(=O)NNc1ccc(Br)cn1. The van der Waals surface area contributed by atoms with E-state index >= 15 is 0 Å². The third kappa shape index (κ3) is 4.97. The Bertz CT molecular complexity index is 359. The molecule has 6 heteroatoms. The first kappa shape index (κ1) is 12.8. The maximum absolute atomic E-state index is 11.3. The van der Waals surface area contributed by atoms with Crippen molar-refractivity contribution in [1.29, 1.82) is 0 Å². The summed E-state index contributed by atoms with van der Waals surface area (Å²) in [4.78, 5) is 15.3. The molecule has 0 atom stereocenters. The second-order valence-corrected chi connectivity index (χ2v) is 5.03. The molecular weight excluding hydrogens is 274 g/mol. The van der Waals surface area contributed by atoms with Crippen LogP contribution >= 0.6 is 15.9 Å². The van der Waals surface area contributed by atoms with E-state index in [4.69, 9.17) is 4.74 Å². The number of amides is 1. The van der Waals surface area contributed by atoms with Crippen molar-refractivity contribution in [3.05, 3.63) is 22.8 Å². The number of hydrazine groups is 1. The Morgan fingerprint density at radius 2 is 2.12 bits per heavy atom. The maximum Gasteiger partial charge on any atom is 0.426 e. The lowest BCUT2D eigenvalue weighted by atomic mass is 10.2. The first-order valence-corrected chi connectivity index (χ1v) is 5.53. The van der Waals surface area contributed by atoms with Crippen LogP contribution in [0.3, 0.4) is 0 Å². The summed E-state index contributed by atoms with van der Waals surface area (Å²) < 4.78 is 5.90. The predicted octanol–water partition coefficient (Wildman–Crippen LogP) is 2.70. The molecule has 1 amide bonds. The van der Waals surface area contributed by atoms with Gasteiger partial charge in [-0.2, -0.15) is 0 Å². The molecule has 0 saturated heterocycles. The molecule has 1 aromatic heterocycles. The molecule has 0 aliphatic carbocycles. The van der Waals surface area contributed by atoms with Gasteiger partial charge in [-0.15, -0.1) is 0 Å². The minimum absolute atomic E-state index is 0.515. The Balaban J connectivity index is 2.40. The van der Waals surface area contributed by atoms with Crippen molar-refractivity contribution in [2.24, 2.45) is 0 Å². The van der Waals surface area contributed by atoms with Crippen LogP contribution in [0.4, 0.5) is 10.6 Å². The summed E-state index contributed by atoms with van der Waals surface area (Å²) in [5.74, 6) is 0.536. The number of aromatic nitrogens is 1. The predicted molar refractivity (Wildman–Crippen MR) is 64.9 cm³/mol. The molecule has 1 heterocycles. The van der Waals surface area contributed by atoms with Crippen molar-refractivity contribution >= 4 is 27.8 Å². The third-order valence-corrected chi connectivity index (χ3v) is 1.89. The molecule has 0 aromatic carbocycles. The maximum atomic E-state index is 11.3. The molecule has 0 saturated carbocycles. The van der Waals surface area contributed by atoms with Gasteiger partial charge in [-0.05, 0) is 48.8 Å². The summed E-state index contributed by atoms with van der Waals surface area (Å²) in [6, 6.07) is 3.54. The molecule has 1 rings (SSSR count). The number of carbonyl (C=O) groups excluding carboxylic acids is 1. The van der Waals surface area contributed by atoms with Crippen molar-refractivity contribution in [2.75, 3.05) is 5.43 Å². The van der Waals surface area contributed by atoms with Crippen LogP contribution < -0.4 is 10.9 Å². The number of nitrogens with zero attached hydrogens (tertiary/aromatic N) is 1. The number of rotatable bonds is 2. The van der Waals surface area contributed by atoms with E-state index in [0.717, 1.165) is 4.47 Å². The summed E-state index contributed by atoms with van der Waals surface area (Å²) in [5, 5.41) is 0. The zero-order valence-electron chi connectivity index (χ0n) is 9.37. The van der Waals surface area contributed by atoms with Crippen LogP contribution in [-0.2, 0) is 4.74 Å². The second kappa shape index (κ2) is 5.16. The Labute approximate surface area is 103 Å². The van der Waals surface area contributed by atoms with Crippen molar-refractivity contribution < 1.29 is 9.53 Å². The van der Waals surface area contributed by atoms with E-state index in [0.29, 0.717) is 5.82 Å². The number of ether oxygens (including phenoxy) is 1. The molecule has 0 aliphatic heterocycles. The smallest absolute Gasteiger partial charge is 0.426 e. The number of hydrogen-bond donors (Lipinski definition) is 2. The van der Waals surface area contributed by atoms with Crippen LogP contribution in [-0.4, -0.2) is 16.7 Å². The molecule has 0 radical (unpaired) electrons. The van der Waals surface area contributed by atoms with Crippen LogP contribution in [0.25, 0.3) is 0 Å². The van der Waals surface area contributed by atoms with Gasteiger partial charge in [0.25, 0.3) is 0 Å². The van der Waals surface area contributed by atoms with Crippen LogP contribution in [0, 0.1) is 0 Å². The fourth-order valence-electron chi connectivity index (χ4n) is 0.868. The highest BCUT2D eigenvalue weighted by Crippen LogP contribution is 2.10. The van der Waals surface area contributed by atoms with Gasteiger partial charge in [-0.1, -0.05) is 0 Å². The van der Waals surface area contributed by atoms with Crippen LogP contribution in [0.15, 0.2) is 22.8 Å². The molecule has 2 N–H and O–H groups in total. The largest absolute Gasteiger partial charge is 0.443 e. The zero-order valence-corrected chi connectivity index (χ0v) is 11.0. The first-order chi connectivity index (χ1) is 7.37. The molecule has 88 valence electrons. The zero-order chi connectivity index (χ0) is 12.2. The third-order valence-electron chi connectivity index (χ3n) is 1.42. The molecule has 0 spiro atoms. The minimum atomic E-state index is -0.544. The van der Waals surface area contributed by atoms with Crippen molar-refractivity contribution in [1.82, 2.24) is 10.4 Å². The molecule has 0 bridgehead atoms. The standard InChI is InChI=1S/C10H14BrN3O2/c1-10(2,3)16-9(15)14-13-8-5-4-7(11)6-12-8/h4-6H,1-3H3,(H,12,13)(H,14,15). The summed E-state index contributed by atoms with van der Waals surface area (Å²) >= 11 is 3.26. The minimum Gasteiger partial charge on any atom is -0.443 e. The number of halogens is 1. The van der Waals surface area contributed by atoms with Gasteiger partial charge in [0.05, 0.1) is 0 Å². The molecular formula is C10H14BrN3O2. The molecule has 5 nitrogen and oxygen atoms in total. The fraction of sp³-hybridized carbons (Fsp3) is 0.400. The Morgan fingerprint density at radius 1 is 1.44 bits per heavy atom. The number of carbonyl (C=O) groups is 1. The van der Waals surface area contributed by atoms with Crippen LogP contribution in [0.5, 0.6) is 0 Å². The van der Waals surface area contributed by atoms with E-state index in [1.807, 2.05) is 6.07 Å². The average molecular weight is 288 g/mol. The summed E-state index contributed by atoms with van der Waals surface area (Å²) in [5.41, 5.74) is 4.51. The fourth-order valence-corrected chi connectivity index (χ4v) is 1.10. The topological polar surface area (TPSA) is 63.2 Å². The summed E-state index contributed by atoms with van der Waals surface area (Å²) in [7, 11) is 0. The van der Waals surface area contributed by atoms with Crippen molar-refractivity contribution in [3.63, 3.8) is 0 Å². The molecule has 0 unspecified atom stereocenters. The lowest BCUT2D eigenvalue weighted by Gasteiger charge is -2.19. The van der Waals surface area contributed by atoms with Crippen molar-refractivity contribution in [2.45, 2.75) is 26.4 Å². The van der Waals surface area contributed by atoms with E-state index < -0.39 is 11.7 Å². The summed E-state index contributed by atoms with van der Waals surface area (Å²) in [6.07, 6.45) is 1.08. The molecule has 0 fully saturated rings. The van der Waals surface area contributed by atoms with Gasteiger partial charge in [0, 0.05) is 10.7 Å². The van der Waals surface area contributed by atoms with Crippen molar-refractivity contribution in [3.8, 4) is 0 Å².